The van der Waals surface area contributed by atoms with E-state index < -0.39 is 23.9 Å². The zero-order valence-corrected chi connectivity index (χ0v) is 11.8. The quantitative estimate of drug-likeness (QED) is 0.803. The van der Waals surface area contributed by atoms with Gasteiger partial charge in [-0.05, 0) is 42.5 Å². The molecule has 0 saturated heterocycles. The minimum atomic E-state index is -4.56. The molecule has 2 aliphatic rings. The normalized spacial score (nSPS) is 25.8. The number of anilines is 1. The summed E-state index contributed by atoms with van der Waals surface area (Å²) < 4.78 is 41.3. The van der Waals surface area contributed by atoms with E-state index in [1.807, 2.05) is 0 Å². The number of carbonyl (C=O) groups excluding carboxylic acids is 1. The molecular formula is C15H13ClF3NO. The second-order valence-corrected chi connectivity index (χ2v) is 6.02. The van der Waals surface area contributed by atoms with Crippen molar-refractivity contribution in [3.05, 3.63) is 40.9 Å². The maximum absolute atomic E-state index is 13.8. The first-order valence-corrected chi connectivity index (χ1v) is 7.05. The molecule has 1 aromatic carbocycles. The van der Waals surface area contributed by atoms with Gasteiger partial charge in [-0.3, -0.25) is 4.79 Å². The van der Waals surface area contributed by atoms with Gasteiger partial charge in [0.05, 0.1) is 0 Å². The Morgan fingerprint density at radius 2 is 2.05 bits per heavy atom. The molecule has 1 atom stereocenters. The highest BCUT2D eigenvalue weighted by Gasteiger charge is 2.58. The molecule has 1 aliphatic carbocycles. The molecule has 1 aromatic rings. The largest absolute Gasteiger partial charge is 0.402 e. The predicted octanol–water partition coefficient (Wildman–Crippen LogP) is 4.45. The molecule has 1 N–H and O–H groups in total. The molecule has 21 heavy (non-hydrogen) atoms. The molecule has 1 fully saturated rings. The molecule has 0 unspecified atom stereocenters. The van der Waals surface area contributed by atoms with Crippen molar-refractivity contribution in [3.8, 4) is 0 Å². The fourth-order valence-corrected chi connectivity index (χ4v) is 2.79. The van der Waals surface area contributed by atoms with Crippen molar-refractivity contribution < 1.29 is 18.0 Å². The van der Waals surface area contributed by atoms with Gasteiger partial charge in [0.2, 0.25) is 5.91 Å². The van der Waals surface area contributed by atoms with Gasteiger partial charge in [0, 0.05) is 17.1 Å². The average molecular weight is 316 g/mol. The van der Waals surface area contributed by atoms with Crippen molar-refractivity contribution in [1.29, 1.82) is 0 Å². The number of hydrogen-bond acceptors (Lipinski definition) is 1. The van der Waals surface area contributed by atoms with Gasteiger partial charge in [0.1, 0.15) is 5.41 Å². The Balaban J connectivity index is 2.18. The van der Waals surface area contributed by atoms with Crippen LogP contribution >= 0.6 is 11.6 Å². The first-order chi connectivity index (χ1) is 9.82. The van der Waals surface area contributed by atoms with E-state index in [2.05, 4.69) is 5.32 Å². The summed E-state index contributed by atoms with van der Waals surface area (Å²) >= 11 is 5.86. The molecule has 2 nitrogen and oxygen atoms in total. The van der Waals surface area contributed by atoms with E-state index in [4.69, 9.17) is 11.6 Å². The van der Waals surface area contributed by atoms with Crippen LogP contribution < -0.4 is 5.32 Å². The summed E-state index contributed by atoms with van der Waals surface area (Å²) in [6.45, 7) is 0. The van der Waals surface area contributed by atoms with Gasteiger partial charge in [-0.15, -0.1) is 0 Å². The monoisotopic (exact) mass is 315 g/mol. The SMILES string of the molecule is O=C1C[C@](/C=C/C2CC2)(C(F)(F)F)c2cc(Cl)ccc2N1. The van der Waals surface area contributed by atoms with Crippen LogP contribution in [0.5, 0.6) is 0 Å². The molecule has 3 rings (SSSR count). The Hall–Kier alpha value is -1.49. The van der Waals surface area contributed by atoms with Crippen LogP contribution in [0.2, 0.25) is 5.02 Å². The lowest BCUT2D eigenvalue weighted by Crippen LogP contribution is -2.47. The van der Waals surface area contributed by atoms with Gasteiger partial charge in [-0.1, -0.05) is 23.8 Å². The summed E-state index contributed by atoms with van der Waals surface area (Å²) in [6, 6.07) is 4.18. The van der Waals surface area contributed by atoms with Gasteiger partial charge in [-0.2, -0.15) is 13.2 Å². The molecule has 1 saturated carbocycles. The van der Waals surface area contributed by atoms with Crippen molar-refractivity contribution >= 4 is 23.2 Å². The van der Waals surface area contributed by atoms with E-state index in [9.17, 15) is 18.0 Å². The molecule has 0 radical (unpaired) electrons. The van der Waals surface area contributed by atoms with Gasteiger partial charge in [0.15, 0.2) is 0 Å². The molecule has 1 aliphatic heterocycles. The van der Waals surface area contributed by atoms with Crippen LogP contribution in [-0.2, 0) is 10.2 Å². The number of halogens is 4. The van der Waals surface area contributed by atoms with Crippen LogP contribution in [0, 0.1) is 5.92 Å². The van der Waals surface area contributed by atoms with Crippen molar-refractivity contribution in [1.82, 2.24) is 0 Å². The van der Waals surface area contributed by atoms with Crippen LogP contribution in [0.3, 0.4) is 0 Å². The Labute approximate surface area is 125 Å². The first-order valence-electron chi connectivity index (χ1n) is 6.68. The third kappa shape index (κ3) is 2.55. The highest BCUT2D eigenvalue weighted by molar-refractivity contribution is 6.30. The van der Waals surface area contributed by atoms with Crippen LogP contribution in [0.1, 0.15) is 24.8 Å². The molecule has 6 heteroatoms. The standard InChI is InChI=1S/C15H13ClF3NO/c16-10-3-4-12-11(7-10)14(15(17,18)19,8-13(21)20-12)6-5-9-1-2-9/h3-7,9H,1-2,8H2,(H,20,21)/b6-5+/t14-/m0/s1. The lowest BCUT2D eigenvalue weighted by molar-refractivity contribution is -0.180. The van der Waals surface area contributed by atoms with Crippen molar-refractivity contribution in [2.24, 2.45) is 5.92 Å². The van der Waals surface area contributed by atoms with E-state index in [0.717, 1.165) is 18.9 Å². The number of rotatable bonds is 2. The third-order valence-electron chi connectivity index (χ3n) is 3.96. The van der Waals surface area contributed by atoms with Gasteiger partial charge in [-0.25, -0.2) is 0 Å². The van der Waals surface area contributed by atoms with E-state index in [1.54, 1.807) is 6.08 Å². The topological polar surface area (TPSA) is 29.1 Å². The number of hydrogen-bond donors (Lipinski definition) is 1. The summed E-state index contributed by atoms with van der Waals surface area (Å²) in [5.74, 6) is -0.445. The highest BCUT2D eigenvalue weighted by Crippen LogP contribution is 2.51. The molecule has 0 spiro atoms. The number of benzene rings is 1. The van der Waals surface area contributed by atoms with Crippen LogP contribution in [0.15, 0.2) is 30.4 Å². The second kappa shape index (κ2) is 4.77. The first kappa shape index (κ1) is 14.4. The summed E-state index contributed by atoms with van der Waals surface area (Å²) in [5, 5.41) is 2.71. The fraction of sp³-hybridized carbons (Fsp3) is 0.400. The predicted molar refractivity (Wildman–Crippen MR) is 74.3 cm³/mol. The number of carbonyl (C=O) groups is 1. The van der Waals surface area contributed by atoms with E-state index in [-0.39, 0.29) is 22.2 Å². The molecule has 1 amide bonds. The summed E-state index contributed by atoms with van der Waals surface area (Å²) in [4.78, 5) is 11.8. The van der Waals surface area contributed by atoms with Crippen molar-refractivity contribution in [3.63, 3.8) is 0 Å². The zero-order valence-electron chi connectivity index (χ0n) is 11.0. The maximum atomic E-state index is 13.8. The molecule has 0 aromatic heterocycles. The van der Waals surface area contributed by atoms with Crippen LogP contribution in [-0.4, -0.2) is 12.1 Å². The Kier molecular flexibility index (Phi) is 3.28. The maximum Gasteiger partial charge on any atom is 0.402 e. The Bertz CT molecular complexity index is 622. The number of fused-ring (bicyclic) bond motifs is 1. The molecule has 112 valence electrons. The van der Waals surface area contributed by atoms with Gasteiger partial charge in [0.25, 0.3) is 0 Å². The fourth-order valence-electron chi connectivity index (χ4n) is 2.62. The minimum Gasteiger partial charge on any atom is -0.326 e. The smallest absolute Gasteiger partial charge is 0.326 e. The minimum absolute atomic E-state index is 0.0130. The summed E-state index contributed by atoms with van der Waals surface area (Å²) in [6.07, 6.45) is -0.671. The number of alkyl halides is 3. The van der Waals surface area contributed by atoms with E-state index in [0.29, 0.717) is 0 Å². The Morgan fingerprint density at radius 1 is 1.33 bits per heavy atom. The summed E-state index contributed by atoms with van der Waals surface area (Å²) in [7, 11) is 0. The zero-order chi connectivity index (χ0) is 15.3. The number of allylic oxidation sites excluding steroid dienone is 2. The highest BCUT2D eigenvalue weighted by atomic mass is 35.5. The van der Waals surface area contributed by atoms with Gasteiger partial charge >= 0.3 is 6.18 Å². The molecular weight excluding hydrogens is 303 g/mol. The third-order valence-corrected chi connectivity index (χ3v) is 4.19. The van der Waals surface area contributed by atoms with E-state index >= 15 is 0 Å². The Morgan fingerprint density at radius 3 is 2.67 bits per heavy atom. The average Bonchev–Trinajstić information content (AvgIpc) is 3.19. The molecule has 0 bridgehead atoms. The summed E-state index contributed by atoms with van der Waals surface area (Å²) in [5.41, 5.74) is -2.11. The second-order valence-electron chi connectivity index (χ2n) is 5.58. The number of nitrogens with one attached hydrogen (secondary N) is 1. The molecule has 1 heterocycles. The van der Waals surface area contributed by atoms with Crippen LogP contribution in [0.4, 0.5) is 18.9 Å². The lowest BCUT2D eigenvalue weighted by Gasteiger charge is -2.38. The van der Waals surface area contributed by atoms with Gasteiger partial charge < -0.3 is 5.32 Å². The van der Waals surface area contributed by atoms with Crippen molar-refractivity contribution in [2.75, 3.05) is 5.32 Å². The lowest BCUT2D eigenvalue weighted by atomic mass is 9.73. The van der Waals surface area contributed by atoms with Crippen molar-refractivity contribution in [2.45, 2.75) is 30.9 Å². The number of amides is 1. The van der Waals surface area contributed by atoms with Crippen LogP contribution in [0.25, 0.3) is 0 Å². The van der Waals surface area contributed by atoms with E-state index in [1.165, 1.54) is 18.2 Å².